The molecule has 1 aromatic rings. The van der Waals surface area contributed by atoms with Crippen molar-refractivity contribution in [3.05, 3.63) is 29.3 Å². The molecule has 1 N–H and O–H groups in total. The summed E-state index contributed by atoms with van der Waals surface area (Å²) >= 11 is 0. The number of rotatable bonds is 1. The van der Waals surface area contributed by atoms with E-state index >= 15 is 0 Å². The Bertz CT molecular complexity index is 358. The molecule has 0 aliphatic carbocycles. The van der Waals surface area contributed by atoms with Gasteiger partial charge in [0.2, 0.25) is 0 Å². The zero-order chi connectivity index (χ0) is 10.8. The minimum Gasteiger partial charge on any atom is -0.507 e. The highest BCUT2D eigenvalue weighted by molar-refractivity contribution is 5.84. The van der Waals surface area contributed by atoms with Crippen LogP contribution in [0, 0.1) is 6.92 Å². The maximum Gasteiger partial charge on any atom is 0.503 e. The van der Waals surface area contributed by atoms with Gasteiger partial charge in [-0.15, -0.1) is 13.2 Å². The van der Waals surface area contributed by atoms with E-state index in [0.29, 0.717) is 11.8 Å². The van der Waals surface area contributed by atoms with E-state index in [4.69, 9.17) is 0 Å². The number of alkyl halides is 3. The lowest BCUT2D eigenvalue weighted by Crippen LogP contribution is -2.02. The molecule has 1 aromatic carbocycles. The average Bonchev–Trinajstić information content (AvgIpc) is 2.06. The van der Waals surface area contributed by atoms with Gasteiger partial charge in [-0.1, -0.05) is 12.1 Å². The molecule has 0 aliphatic rings. The van der Waals surface area contributed by atoms with Crippen LogP contribution in [-0.2, 0) is 0 Å². The van der Waals surface area contributed by atoms with Crippen molar-refractivity contribution in [2.45, 2.75) is 13.2 Å². The summed E-state index contributed by atoms with van der Waals surface area (Å²) in [5.74, 6) is -0.180. The average molecular weight is 203 g/mol. The fraction of sp³-hybridized carbons (Fsp3) is 0.222. The molecule has 0 aromatic heterocycles. The Balaban J connectivity index is 2.98. The number of para-hydroxylation sites is 1. The lowest BCUT2D eigenvalue weighted by atomic mass is 10.1. The van der Waals surface area contributed by atoms with E-state index in [-0.39, 0.29) is 11.3 Å². The van der Waals surface area contributed by atoms with Gasteiger partial charge in [0.15, 0.2) is 0 Å². The number of aromatic hydroxyl groups is 1. The molecule has 0 unspecified atom stereocenters. The molecule has 1 rings (SSSR count). The topological polar surface area (TPSA) is 32.6 Å². The lowest BCUT2D eigenvalue weighted by molar-refractivity contribution is -0.119. The monoisotopic (exact) mass is 203 g/mol. The molecule has 0 bridgehead atoms. The minimum absolute atomic E-state index is 0.0577. The molecule has 0 saturated heterocycles. The summed E-state index contributed by atoms with van der Waals surface area (Å²) in [7, 11) is 0. The van der Waals surface area contributed by atoms with Crippen molar-refractivity contribution in [2.75, 3.05) is 0 Å². The van der Waals surface area contributed by atoms with Crippen LogP contribution in [0.5, 0.6) is 5.75 Å². The SMILES string of the molecule is Cc1cccc(C=NC(F)(F)F)c1O. The summed E-state index contributed by atoms with van der Waals surface area (Å²) in [5.41, 5.74) is 0.568. The number of aliphatic imine (C=N–C) groups is 1. The summed E-state index contributed by atoms with van der Waals surface area (Å²) in [6.07, 6.45) is -4.00. The van der Waals surface area contributed by atoms with Crippen molar-refractivity contribution >= 4 is 6.21 Å². The fourth-order valence-electron chi connectivity index (χ4n) is 0.929. The number of phenolic OH excluding ortho intramolecular Hbond substituents is 1. The summed E-state index contributed by atoms with van der Waals surface area (Å²) in [6, 6.07) is 4.50. The summed E-state index contributed by atoms with van der Waals surface area (Å²) in [6.45, 7) is 1.60. The van der Waals surface area contributed by atoms with Crippen molar-refractivity contribution in [3.8, 4) is 5.75 Å². The zero-order valence-electron chi connectivity index (χ0n) is 7.34. The quantitative estimate of drug-likeness (QED) is 0.552. The Morgan fingerprint density at radius 1 is 1.36 bits per heavy atom. The molecule has 0 atom stereocenters. The van der Waals surface area contributed by atoms with E-state index in [1.807, 2.05) is 0 Å². The molecule has 5 heteroatoms. The van der Waals surface area contributed by atoms with Gasteiger partial charge in [-0.25, -0.2) is 0 Å². The van der Waals surface area contributed by atoms with Crippen LogP contribution in [0.15, 0.2) is 23.2 Å². The normalized spacial score (nSPS) is 12.3. The summed E-state index contributed by atoms with van der Waals surface area (Å²) in [4.78, 5) is 2.34. The lowest BCUT2D eigenvalue weighted by Gasteiger charge is -2.02. The molecule has 0 radical (unpaired) electrons. The Hall–Kier alpha value is -1.52. The van der Waals surface area contributed by atoms with Gasteiger partial charge in [-0.2, -0.15) is 4.99 Å². The molecule has 76 valence electrons. The molecule has 0 amide bonds. The third-order valence-electron chi connectivity index (χ3n) is 1.62. The summed E-state index contributed by atoms with van der Waals surface area (Å²) < 4.78 is 35.1. The Morgan fingerprint density at radius 2 is 2.00 bits per heavy atom. The first kappa shape index (κ1) is 10.6. The van der Waals surface area contributed by atoms with E-state index in [2.05, 4.69) is 4.99 Å². The molecule has 14 heavy (non-hydrogen) atoms. The molecule has 0 fully saturated rings. The summed E-state index contributed by atoms with van der Waals surface area (Å²) in [5, 5.41) is 9.34. The van der Waals surface area contributed by atoms with Gasteiger partial charge in [0.1, 0.15) is 5.75 Å². The zero-order valence-corrected chi connectivity index (χ0v) is 7.34. The van der Waals surface area contributed by atoms with Crippen molar-refractivity contribution in [3.63, 3.8) is 0 Å². The smallest absolute Gasteiger partial charge is 0.503 e. The van der Waals surface area contributed by atoms with E-state index in [1.165, 1.54) is 6.07 Å². The van der Waals surface area contributed by atoms with Crippen LogP contribution in [0.25, 0.3) is 0 Å². The van der Waals surface area contributed by atoms with Gasteiger partial charge >= 0.3 is 6.30 Å². The molecular formula is C9H8F3NO. The van der Waals surface area contributed by atoms with E-state index in [0.717, 1.165) is 0 Å². The predicted molar refractivity (Wildman–Crippen MR) is 46.5 cm³/mol. The molecular weight excluding hydrogens is 195 g/mol. The van der Waals surface area contributed by atoms with Crippen LogP contribution < -0.4 is 0 Å². The van der Waals surface area contributed by atoms with Gasteiger partial charge in [0.05, 0.1) is 0 Å². The Labute approximate surface area is 78.7 Å². The number of nitrogens with zero attached hydrogens (tertiary/aromatic N) is 1. The molecule has 2 nitrogen and oxygen atoms in total. The fourth-order valence-corrected chi connectivity index (χ4v) is 0.929. The standard InChI is InChI=1S/C9H8F3NO/c1-6-3-2-4-7(8(6)14)5-13-9(10,11)12/h2-5,14H,1H3. The Kier molecular flexibility index (Phi) is 2.78. The number of phenols is 1. The van der Waals surface area contributed by atoms with Crippen molar-refractivity contribution in [1.29, 1.82) is 0 Å². The Morgan fingerprint density at radius 3 is 2.57 bits per heavy atom. The van der Waals surface area contributed by atoms with Crippen molar-refractivity contribution in [1.82, 2.24) is 0 Å². The number of hydrogen-bond acceptors (Lipinski definition) is 2. The highest BCUT2D eigenvalue weighted by Gasteiger charge is 2.24. The first-order valence-corrected chi connectivity index (χ1v) is 3.81. The van der Waals surface area contributed by atoms with Gasteiger partial charge in [-0.3, -0.25) is 0 Å². The van der Waals surface area contributed by atoms with Gasteiger partial charge in [-0.05, 0) is 18.6 Å². The first-order chi connectivity index (χ1) is 6.40. The number of halogens is 3. The molecule has 0 spiro atoms. The highest BCUT2D eigenvalue weighted by Crippen LogP contribution is 2.21. The van der Waals surface area contributed by atoms with Crippen LogP contribution in [0.2, 0.25) is 0 Å². The molecule has 0 heterocycles. The van der Waals surface area contributed by atoms with Gasteiger partial charge in [0, 0.05) is 11.8 Å². The number of hydrogen-bond donors (Lipinski definition) is 1. The van der Waals surface area contributed by atoms with E-state index in [1.54, 1.807) is 19.1 Å². The highest BCUT2D eigenvalue weighted by atomic mass is 19.4. The number of benzene rings is 1. The minimum atomic E-state index is -4.60. The molecule has 0 saturated carbocycles. The van der Waals surface area contributed by atoms with Crippen LogP contribution >= 0.6 is 0 Å². The first-order valence-electron chi connectivity index (χ1n) is 3.81. The number of aryl methyl sites for hydroxylation is 1. The second-order valence-corrected chi connectivity index (χ2v) is 2.74. The third-order valence-corrected chi connectivity index (χ3v) is 1.62. The van der Waals surface area contributed by atoms with E-state index < -0.39 is 6.30 Å². The van der Waals surface area contributed by atoms with Crippen LogP contribution in [-0.4, -0.2) is 17.6 Å². The van der Waals surface area contributed by atoms with E-state index in [9.17, 15) is 18.3 Å². The second kappa shape index (κ2) is 3.69. The van der Waals surface area contributed by atoms with Crippen LogP contribution in [0.1, 0.15) is 11.1 Å². The van der Waals surface area contributed by atoms with Gasteiger partial charge < -0.3 is 5.11 Å². The van der Waals surface area contributed by atoms with Crippen LogP contribution in [0.4, 0.5) is 13.2 Å². The maximum absolute atomic E-state index is 11.7. The van der Waals surface area contributed by atoms with Crippen molar-refractivity contribution < 1.29 is 18.3 Å². The second-order valence-electron chi connectivity index (χ2n) is 2.74. The van der Waals surface area contributed by atoms with Crippen LogP contribution in [0.3, 0.4) is 0 Å². The largest absolute Gasteiger partial charge is 0.507 e. The predicted octanol–water partition coefficient (Wildman–Crippen LogP) is 2.64. The third kappa shape index (κ3) is 2.76. The molecule has 0 aliphatic heterocycles. The maximum atomic E-state index is 11.7. The van der Waals surface area contributed by atoms with Crippen molar-refractivity contribution in [2.24, 2.45) is 4.99 Å². The van der Waals surface area contributed by atoms with Gasteiger partial charge in [0.25, 0.3) is 0 Å².